The number of hydrogen-bond acceptors (Lipinski definition) is 4. The number of aryl methyl sites for hydroxylation is 2. The van der Waals surface area contributed by atoms with Crippen LogP contribution in [0.2, 0.25) is 0 Å². The van der Waals surface area contributed by atoms with Gasteiger partial charge in [-0.05, 0) is 19.4 Å². The van der Waals surface area contributed by atoms with Gasteiger partial charge < -0.3 is 10.2 Å². The highest BCUT2D eigenvalue weighted by Gasteiger charge is 2.32. The van der Waals surface area contributed by atoms with Gasteiger partial charge in [-0.15, -0.1) is 12.4 Å². The SMILES string of the molecule is Cc1cc(C(=O)N2CCC(N3CCNCC3)C2)nn1C.Cl. The molecule has 2 aliphatic heterocycles. The van der Waals surface area contributed by atoms with Crippen LogP contribution in [0.5, 0.6) is 0 Å². The average molecular weight is 314 g/mol. The third-order valence-corrected chi connectivity index (χ3v) is 4.45. The number of hydrogen-bond donors (Lipinski definition) is 1. The van der Waals surface area contributed by atoms with Crippen LogP contribution in [0, 0.1) is 6.92 Å². The van der Waals surface area contributed by atoms with Crippen molar-refractivity contribution >= 4 is 18.3 Å². The van der Waals surface area contributed by atoms with Crippen molar-refractivity contribution in [3.8, 4) is 0 Å². The quantitative estimate of drug-likeness (QED) is 0.851. The van der Waals surface area contributed by atoms with Crippen LogP contribution in [-0.2, 0) is 7.05 Å². The minimum atomic E-state index is 0. The molecule has 1 N–H and O–H groups in total. The number of rotatable bonds is 2. The van der Waals surface area contributed by atoms with Crippen LogP contribution in [0.25, 0.3) is 0 Å². The smallest absolute Gasteiger partial charge is 0.274 e. The molecule has 0 bridgehead atoms. The van der Waals surface area contributed by atoms with Crippen LogP contribution in [-0.4, -0.2) is 70.8 Å². The van der Waals surface area contributed by atoms with Gasteiger partial charge >= 0.3 is 0 Å². The number of aromatic nitrogens is 2. The lowest BCUT2D eigenvalue weighted by atomic mass is 10.2. The van der Waals surface area contributed by atoms with Crippen molar-refractivity contribution in [3.05, 3.63) is 17.5 Å². The minimum Gasteiger partial charge on any atom is -0.336 e. The second-order valence-electron chi connectivity index (χ2n) is 5.77. The summed E-state index contributed by atoms with van der Waals surface area (Å²) in [6.07, 6.45) is 1.08. The summed E-state index contributed by atoms with van der Waals surface area (Å²) in [5.74, 6) is 0.0753. The molecule has 118 valence electrons. The topological polar surface area (TPSA) is 53.4 Å². The monoisotopic (exact) mass is 313 g/mol. The van der Waals surface area contributed by atoms with Crippen LogP contribution in [0.4, 0.5) is 0 Å². The Morgan fingerprint density at radius 1 is 1.33 bits per heavy atom. The maximum absolute atomic E-state index is 12.5. The number of carbonyl (C=O) groups is 1. The molecule has 1 atom stereocenters. The van der Waals surface area contributed by atoms with E-state index in [1.165, 1.54) is 0 Å². The zero-order chi connectivity index (χ0) is 14.1. The van der Waals surface area contributed by atoms with Gasteiger partial charge in [-0.3, -0.25) is 14.4 Å². The molecule has 0 saturated carbocycles. The molecule has 0 radical (unpaired) electrons. The van der Waals surface area contributed by atoms with Gasteiger partial charge in [-0.25, -0.2) is 0 Å². The summed E-state index contributed by atoms with van der Waals surface area (Å²) in [5, 5.41) is 7.67. The van der Waals surface area contributed by atoms with E-state index in [2.05, 4.69) is 15.3 Å². The molecule has 1 unspecified atom stereocenters. The van der Waals surface area contributed by atoms with Crippen molar-refractivity contribution in [1.82, 2.24) is 24.9 Å². The first-order valence-corrected chi connectivity index (χ1v) is 7.40. The van der Waals surface area contributed by atoms with E-state index < -0.39 is 0 Å². The van der Waals surface area contributed by atoms with Crippen molar-refractivity contribution in [2.75, 3.05) is 39.3 Å². The van der Waals surface area contributed by atoms with E-state index in [9.17, 15) is 4.79 Å². The van der Waals surface area contributed by atoms with E-state index in [0.29, 0.717) is 11.7 Å². The van der Waals surface area contributed by atoms with Gasteiger partial charge in [-0.2, -0.15) is 5.10 Å². The first kappa shape index (κ1) is 16.3. The normalized spacial score (nSPS) is 23.1. The number of carbonyl (C=O) groups excluding carboxylic acids is 1. The van der Waals surface area contributed by atoms with E-state index in [1.807, 2.05) is 24.9 Å². The Hall–Kier alpha value is -1.11. The summed E-state index contributed by atoms with van der Waals surface area (Å²) in [7, 11) is 1.87. The molecule has 0 aliphatic carbocycles. The molecule has 2 saturated heterocycles. The van der Waals surface area contributed by atoms with Crippen molar-refractivity contribution in [2.24, 2.45) is 7.05 Å². The van der Waals surface area contributed by atoms with Gasteiger partial charge in [-0.1, -0.05) is 0 Å². The minimum absolute atomic E-state index is 0. The average Bonchev–Trinajstić information content (AvgIpc) is 3.07. The second kappa shape index (κ2) is 6.77. The van der Waals surface area contributed by atoms with Crippen molar-refractivity contribution in [2.45, 2.75) is 19.4 Å². The van der Waals surface area contributed by atoms with Gasteiger partial charge in [0.15, 0.2) is 5.69 Å². The largest absolute Gasteiger partial charge is 0.336 e. The first-order chi connectivity index (χ1) is 9.65. The van der Waals surface area contributed by atoms with Crippen LogP contribution >= 0.6 is 12.4 Å². The summed E-state index contributed by atoms with van der Waals surface area (Å²) in [6.45, 7) is 7.97. The van der Waals surface area contributed by atoms with E-state index in [4.69, 9.17) is 0 Å². The van der Waals surface area contributed by atoms with Crippen molar-refractivity contribution in [3.63, 3.8) is 0 Å². The predicted octanol–water partition coefficient (Wildman–Crippen LogP) is 0.270. The zero-order valence-electron chi connectivity index (χ0n) is 12.7. The maximum atomic E-state index is 12.5. The predicted molar refractivity (Wildman–Crippen MR) is 83.9 cm³/mol. The maximum Gasteiger partial charge on any atom is 0.274 e. The summed E-state index contributed by atoms with van der Waals surface area (Å²) in [5.41, 5.74) is 1.59. The van der Waals surface area contributed by atoms with Gasteiger partial charge in [0.05, 0.1) is 0 Å². The third kappa shape index (κ3) is 3.39. The Morgan fingerprint density at radius 3 is 2.67 bits per heavy atom. The highest BCUT2D eigenvalue weighted by Crippen LogP contribution is 2.18. The molecule has 2 fully saturated rings. The highest BCUT2D eigenvalue weighted by molar-refractivity contribution is 5.92. The molecule has 1 amide bonds. The van der Waals surface area contributed by atoms with E-state index in [1.54, 1.807) is 4.68 Å². The standard InChI is InChI=1S/C14H23N5O.ClH/c1-11-9-13(16-17(11)2)14(20)19-6-3-12(10-19)18-7-4-15-5-8-18;/h9,12,15H,3-8,10H2,1-2H3;1H. The molecule has 2 aliphatic rings. The number of nitrogens with one attached hydrogen (secondary N) is 1. The van der Waals surface area contributed by atoms with Gasteiger partial charge in [0.1, 0.15) is 0 Å². The fourth-order valence-corrected chi connectivity index (χ4v) is 3.10. The Bertz CT molecular complexity index is 478. The Labute approximate surface area is 131 Å². The first-order valence-electron chi connectivity index (χ1n) is 7.40. The summed E-state index contributed by atoms with van der Waals surface area (Å²) >= 11 is 0. The lowest BCUT2D eigenvalue weighted by Gasteiger charge is -2.32. The summed E-state index contributed by atoms with van der Waals surface area (Å²) in [4.78, 5) is 16.9. The summed E-state index contributed by atoms with van der Waals surface area (Å²) in [6, 6.07) is 2.39. The molecule has 3 rings (SSSR count). The van der Waals surface area contributed by atoms with Gasteiger partial charge in [0.2, 0.25) is 0 Å². The van der Waals surface area contributed by atoms with Crippen molar-refractivity contribution in [1.29, 1.82) is 0 Å². The lowest BCUT2D eigenvalue weighted by Crippen LogP contribution is -2.49. The molecular formula is C14H24ClN5O. The summed E-state index contributed by atoms with van der Waals surface area (Å²) < 4.78 is 1.76. The van der Waals surface area contributed by atoms with E-state index in [0.717, 1.165) is 51.4 Å². The molecule has 21 heavy (non-hydrogen) atoms. The highest BCUT2D eigenvalue weighted by atomic mass is 35.5. The number of amides is 1. The molecule has 1 aromatic heterocycles. The van der Waals surface area contributed by atoms with Crippen LogP contribution in [0.15, 0.2) is 6.07 Å². The fraction of sp³-hybridized carbons (Fsp3) is 0.714. The molecule has 0 spiro atoms. The van der Waals surface area contributed by atoms with Gasteiger partial charge in [0, 0.05) is 58.1 Å². The lowest BCUT2D eigenvalue weighted by molar-refractivity contribution is 0.0767. The molecule has 7 heteroatoms. The number of nitrogens with zero attached hydrogens (tertiary/aromatic N) is 4. The molecule has 3 heterocycles. The fourth-order valence-electron chi connectivity index (χ4n) is 3.10. The molecule has 0 aromatic carbocycles. The van der Waals surface area contributed by atoms with Gasteiger partial charge in [0.25, 0.3) is 5.91 Å². The molecular weight excluding hydrogens is 290 g/mol. The molecule has 6 nitrogen and oxygen atoms in total. The number of likely N-dealkylation sites (tertiary alicyclic amines) is 1. The van der Waals surface area contributed by atoms with Crippen LogP contribution in [0.1, 0.15) is 22.6 Å². The third-order valence-electron chi connectivity index (χ3n) is 4.45. The zero-order valence-corrected chi connectivity index (χ0v) is 13.5. The second-order valence-corrected chi connectivity index (χ2v) is 5.77. The van der Waals surface area contributed by atoms with Crippen molar-refractivity contribution < 1.29 is 4.79 Å². The Balaban J connectivity index is 0.00000161. The van der Waals surface area contributed by atoms with Crippen LogP contribution in [0.3, 0.4) is 0 Å². The Kier molecular flexibility index (Phi) is 5.24. The van der Waals surface area contributed by atoms with E-state index >= 15 is 0 Å². The molecule has 1 aromatic rings. The van der Waals surface area contributed by atoms with E-state index in [-0.39, 0.29) is 18.3 Å². The van der Waals surface area contributed by atoms with Crippen LogP contribution < -0.4 is 5.32 Å². The number of halogens is 1. The number of piperazine rings is 1. The Morgan fingerprint density at radius 2 is 2.05 bits per heavy atom.